The van der Waals surface area contributed by atoms with Gasteiger partial charge < -0.3 is 26.2 Å². The number of thiophene rings is 1. The Labute approximate surface area is 265 Å². The van der Waals surface area contributed by atoms with Crippen molar-refractivity contribution in [2.24, 2.45) is 17.6 Å². The average Bonchev–Trinajstić information content (AvgIpc) is 3.40. The van der Waals surface area contributed by atoms with E-state index in [0.29, 0.717) is 55.0 Å². The van der Waals surface area contributed by atoms with E-state index in [0.717, 1.165) is 45.5 Å². The van der Waals surface area contributed by atoms with Gasteiger partial charge in [-0.2, -0.15) is 0 Å². The number of hydrogen-bond donors (Lipinski definition) is 4. The first kappa shape index (κ1) is 30.5. The largest absolute Gasteiger partial charge is 0.493 e. The maximum absolute atomic E-state index is 14.1. The summed E-state index contributed by atoms with van der Waals surface area (Å²) in [6.45, 7) is 7.35. The second kappa shape index (κ2) is 12.5. The minimum atomic E-state index is -1.31. The zero-order valence-corrected chi connectivity index (χ0v) is 26.3. The highest BCUT2D eigenvalue weighted by Crippen LogP contribution is 2.43. The third kappa shape index (κ3) is 6.08. The first-order chi connectivity index (χ1) is 21.6. The maximum atomic E-state index is 14.1. The van der Waals surface area contributed by atoms with Crippen molar-refractivity contribution in [1.29, 1.82) is 0 Å². The number of aryl methyl sites for hydroxylation is 2. The molecule has 0 atom stereocenters. The number of ether oxygens (including phenoxy) is 1. The molecule has 9 nitrogen and oxygen atoms in total. The van der Waals surface area contributed by atoms with Gasteiger partial charge in [0.05, 0.1) is 6.61 Å². The fraction of sp³-hybridized carbons (Fsp3) is 0.314. The molecule has 1 aliphatic heterocycles. The number of aromatic nitrogens is 1. The van der Waals surface area contributed by atoms with Gasteiger partial charge in [-0.1, -0.05) is 19.1 Å². The van der Waals surface area contributed by atoms with Gasteiger partial charge in [0.1, 0.15) is 11.4 Å². The van der Waals surface area contributed by atoms with Crippen LogP contribution in [0.15, 0.2) is 47.8 Å². The highest BCUT2D eigenvalue weighted by molar-refractivity contribution is 7.13. The molecule has 1 aliphatic carbocycles. The van der Waals surface area contributed by atoms with Crippen LogP contribution < -0.4 is 21.1 Å². The summed E-state index contributed by atoms with van der Waals surface area (Å²) in [5, 5.41) is 18.2. The summed E-state index contributed by atoms with van der Waals surface area (Å²) in [5.41, 5.74) is 11.6. The number of pyridine rings is 1. The lowest BCUT2D eigenvalue weighted by Crippen LogP contribution is -2.35. The first-order valence-electron chi connectivity index (χ1n) is 15.1. The molecule has 3 heterocycles. The minimum absolute atomic E-state index is 0.00926. The summed E-state index contributed by atoms with van der Waals surface area (Å²) >= 11 is 1.57. The molecular formula is C35H36N4O5S. The Bertz CT molecular complexity index is 1800. The van der Waals surface area contributed by atoms with Crippen LogP contribution in [-0.2, 0) is 13.0 Å². The van der Waals surface area contributed by atoms with Crippen molar-refractivity contribution >= 4 is 34.8 Å². The third-order valence-corrected chi connectivity index (χ3v) is 9.68. The number of fused-ring (bicyclic) bond motifs is 3. The van der Waals surface area contributed by atoms with E-state index < -0.39 is 17.8 Å². The van der Waals surface area contributed by atoms with Gasteiger partial charge in [0.2, 0.25) is 0 Å². The predicted octanol–water partition coefficient (Wildman–Crippen LogP) is 6.21. The lowest BCUT2D eigenvalue weighted by molar-refractivity contribution is 0.0691. The Hall–Kier alpha value is -4.54. The number of anilines is 1. The van der Waals surface area contributed by atoms with Crippen LogP contribution >= 0.6 is 11.3 Å². The van der Waals surface area contributed by atoms with Gasteiger partial charge in [-0.15, -0.1) is 11.3 Å². The highest BCUT2D eigenvalue weighted by Gasteiger charge is 2.28. The molecule has 232 valence electrons. The number of aromatic carboxylic acids is 1. The van der Waals surface area contributed by atoms with E-state index >= 15 is 0 Å². The lowest BCUT2D eigenvalue weighted by Gasteiger charge is -2.32. The molecule has 0 radical (unpaired) electrons. The Morgan fingerprint density at radius 2 is 1.78 bits per heavy atom. The van der Waals surface area contributed by atoms with E-state index in [9.17, 15) is 19.5 Å². The molecule has 0 saturated heterocycles. The fourth-order valence-corrected chi connectivity index (χ4v) is 7.38. The zero-order valence-electron chi connectivity index (χ0n) is 25.5. The number of carboxylic acids is 1. The molecule has 10 heteroatoms. The Balaban J connectivity index is 1.43. The van der Waals surface area contributed by atoms with Crippen molar-refractivity contribution in [3.8, 4) is 27.3 Å². The van der Waals surface area contributed by atoms with Crippen molar-refractivity contribution in [2.75, 3.05) is 18.5 Å². The van der Waals surface area contributed by atoms with Gasteiger partial charge >= 0.3 is 5.97 Å². The van der Waals surface area contributed by atoms with Crippen LogP contribution in [0, 0.1) is 25.7 Å². The number of nitrogens with two attached hydrogens (primary N) is 1. The fourth-order valence-electron chi connectivity index (χ4n) is 6.41. The van der Waals surface area contributed by atoms with Gasteiger partial charge in [0, 0.05) is 52.3 Å². The summed E-state index contributed by atoms with van der Waals surface area (Å²) in [7, 11) is 0. The topological polar surface area (TPSA) is 144 Å². The molecule has 2 aliphatic rings. The van der Waals surface area contributed by atoms with Gasteiger partial charge in [0.25, 0.3) is 11.8 Å². The van der Waals surface area contributed by atoms with Crippen molar-refractivity contribution in [3.63, 3.8) is 0 Å². The Morgan fingerprint density at radius 3 is 2.47 bits per heavy atom. The monoisotopic (exact) mass is 624 g/mol. The van der Waals surface area contributed by atoms with Crippen molar-refractivity contribution < 1.29 is 24.2 Å². The van der Waals surface area contributed by atoms with E-state index in [1.807, 2.05) is 31.4 Å². The predicted molar refractivity (Wildman–Crippen MR) is 175 cm³/mol. The van der Waals surface area contributed by atoms with E-state index in [-0.39, 0.29) is 22.5 Å². The molecule has 45 heavy (non-hydrogen) atoms. The first-order valence-corrected chi connectivity index (χ1v) is 16.0. The number of carboxylic acid groups (broad SMARTS) is 1. The van der Waals surface area contributed by atoms with Gasteiger partial charge in [-0.05, 0) is 96.5 Å². The highest BCUT2D eigenvalue weighted by atomic mass is 32.1. The summed E-state index contributed by atoms with van der Waals surface area (Å²) < 4.78 is 6.14. The molecule has 0 bridgehead atoms. The number of benzene rings is 2. The van der Waals surface area contributed by atoms with E-state index in [4.69, 9.17) is 10.5 Å². The normalized spacial score (nSPS) is 16.8. The summed E-state index contributed by atoms with van der Waals surface area (Å²) in [6, 6.07) is 12.5. The second-order valence-corrected chi connectivity index (χ2v) is 13.0. The Morgan fingerprint density at radius 1 is 1.02 bits per heavy atom. The van der Waals surface area contributed by atoms with Crippen LogP contribution in [0.25, 0.3) is 21.6 Å². The molecular weight excluding hydrogens is 588 g/mol. The SMILES string of the molecule is Cc1cc(CN)cc(C)c1NC(=O)c1cc2c(cc1-c1ccc(C(=O)NCC3CC(C)C3)nc1C(=O)O)OCCc1ccsc1-2. The molecule has 0 unspecified atom stereocenters. The molecule has 4 aromatic rings. The number of rotatable bonds is 8. The minimum Gasteiger partial charge on any atom is -0.493 e. The number of carbonyl (C=O) groups excluding carboxylic acids is 2. The van der Waals surface area contributed by atoms with Crippen LogP contribution in [-0.4, -0.2) is 41.0 Å². The van der Waals surface area contributed by atoms with Crippen LogP contribution in [0.3, 0.4) is 0 Å². The summed E-state index contributed by atoms with van der Waals surface area (Å²) in [5.74, 6) is -0.512. The molecule has 5 N–H and O–H groups in total. The van der Waals surface area contributed by atoms with Crippen LogP contribution in [0.1, 0.15) is 73.4 Å². The molecule has 2 amide bonds. The van der Waals surface area contributed by atoms with Crippen molar-refractivity contribution in [2.45, 2.75) is 46.6 Å². The van der Waals surface area contributed by atoms with Crippen molar-refractivity contribution in [1.82, 2.24) is 10.3 Å². The van der Waals surface area contributed by atoms with Crippen LogP contribution in [0.4, 0.5) is 5.69 Å². The van der Waals surface area contributed by atoms with Gasteiger partial charge in [-0.3, -0.25) is 9.59 Å². The second-order valence-electron chi connectivity index (χ2n) is 12.1. The Kier molecular flexibility index (Phi) is 8.44. The molecule has 0 spiro atoms. The molecule has 1 saturated carbocycles. The molecule has 6 rings (SSSR count). The van der Waals surface area contributed by atoms with E-state index in [1.54, 1.807) is 29.5 Å². The number of nitrogens with zero attached hydrogens (tertiary/aromatic N) is 1. The van der Waals surface area contributed by atoms with Crippen LogP contribution in [0.2, 0.25) is 0 Å². The van der Waals surface area contributed by atoms with E-state index in [2.05, 4.69) is 28.6 Å². The number of nitrogens with one attached hydrogen (secondary N) is 2. The van der Waals surface area contributed by atoms with Crippen LogP contribution in [0.5, 0.6) is 5.75 Å². The van der Waals surface area contributed by atoms with E-state index in [1.165, 1.54) is 6.07 Å². The lowest BCUT2D eigenvalue weighted by atomic mass is 9.76. The van der Waals surface area contributed by atoms with Crippen molar-refractivity contribution in [3.05, 3.63) is 87.0 Å². The zero-order chi connectivity index (χ0) is 31.8. The summed E-state index contributed by atoms with van der Waals surface area (Å²) in [4.78, 5) is 45.0. The molecule has 1 fully saturated rings. The average molecular weight is 625 g/mol. The standard InChI is InChI=1S/C35H36N4O5S/c1-18-10-22(11-18)17-37-34(41)28-5-4-24(31(38-28)35(42)43)25-15-29-27(32-23(6-8-44-29)7-9-45-32)14-26(25)33(40)39-30-19(2)12-21(16-36)13-20(30)3/h4-5,7,9,12-15,18,22H,6,8,10-11,16-17,36H2,1-3H3,(H,37,41)(H,39,40)(H,42,43). The third-order valence-electron chi connectivity index (χ3n) is 8.69. The number of carbonyl (C=O) groups is 3. The number of amides is 2. The maximum Gasteiger partial charge on any atom is 0.355 e. The number of hydrogen-bond acceptors (Lipinski definition) is 7. The van der Waals surface area contributed by atoms with Gasteiger partial charge in [-0.25, -0.2) is 9.78 Å². The molecule has 2 aromatic heterocycles. The molecule has 2 aromatic carbocycles. The van der Waals surface area contributed by atoms with Gasteiger partial charge in [0.15, 0.2) is 5.69 Å². The summed E-state index contributed by atoms with van der Waals surface area (Å²) in [6.07, 6.45) is 2.82. The quantitative estimate of drug-likeness (QED) is 0.182. The smallest absolute Gasteiger partial charge is 0.355 e.